The summed E-state index contributed by atoms with van der Waals surface area (Å²) in [5.41, 5.74) is 1.58. The maximum Gasteiger partial charge on any atom is 0.244 e. The minimum atomic E-state index is -3.85. The zero-order valence-electron chi connectivity index (χ0n) is 17.2. The number of hydrogen-bond acceptors (Lipinski definition) is 6. The van der Waals surface area contributed by atoms with Gasteiger partial charge in [-0.25, -0.2) is 23.1 Å². The SMILES string of the molecule is COc1ccc(OC)c(S(=O)(=O)NCc2nc3cccnc3n2C2CCCCC2)c1. The normalized spacial score (nSPS) is 15.4. The molecule has 1 N–H and O–H groups in total. The second kappa shape index (κ2) is 8.61. The molecule has 4 rings (SSSR count). The Hall–Kier alpha value is -2.65. The van der Waals surface area contributed by atoms with Crippen LogP contribution in [0.3, 0.4) is 0 Å². The average Bonchev–Trinajstić information content (AvgIpc) is 3.16. The summed E-state index contributed by atoms with van der Waals surface area (Å²) in [6, 6.07) is 8.72. The molecule has 3 aromatic rings. The molecule has 0 spiro atoms. The van der Waals surface area contributed by atoms with E-state index in [1.54, 1.807) is 18.3 Å². The Balaban J connectivity index is 1.67. The van der Waals surface area contributed by atoms with E-state index in [1.807, 2.05) is 12.1 Å². The van der Waals surface area contributed by atoms with Crippen molar-refractivity contribution in [1.29, 1.82) is 0 Å². The molecule has 0 saturated heterocycles. The third kappa shape index (κ3) is 3.99. The lowest BCUT2D eigenvalue weighted by Crippen LogP contribution is -2.27. The first-order chi connectivity index (χ1) is 14.5. The van der Waals surface area contributed by atoms with Crippen LogP contribution in [0.1, 0.15) is 44.0 Å². The smallest absolute Gasteiger partial charge is 0.244 e. The number of benzene rings is 1. The molecule has 0 atom stereocenters. The first-order valence-electron chi connectivity index (χ1n) is 10.1. The van der Waals surface area contributed by atoms with Crippen molar-refractivity contribution in [3.05, 3.63) is 42.4 Å². The summed E-state index contributed by atoms with van der Waals surface area (Å²) in [7, 11) is -0.917. The fraction of sp³-hybridized carbons (Fsp3) is 0.429. The number of imidazole rings is 1. The van der Waals surface area contributed by atoms with E-state index in [9.17, 15) is 8.42 Å². The second-order valence-electron chi connectivity index (χ2n) is 7.38. The number of nitrogens with one attached hydrogen (secondary N) is 1. The van der Waals surface area contributed by atoms with E-state index >= 15 is 0 Å². The van der Waals surface area contributed by atoms with Crippen LogP contribution in [0.25, 0.3) is 11.2 Å². The number of pyridine rings is 1. The Morgan fingerprint density at radius 3 is 2.67 bits per heavy atom. The van der Waals surface area contributed by atoms with Gasteiger partial charge in [-0.2, -0.15) is 0 Å². The number of sulfonamides is 1. The van der Waals surface area contributed by atoms with E-state index in [4.69, 9.17) is 9.47 Å². The van der Waals surface area contributed by atoms with Crippen molar-refractivity contribution >= 4 is 21.2 Å². The van der Waals surface area contributed by atoms with Crippen LogP contribution in [0.15, 0.2) is 41.4 Å². The molecule has 160 valence electrons. The highest BCUT2D eigenvalue weighted by atomic mass is 32.2. The molecule has 1 saturated carbocycles. The van der Waals surface area contributed by atoms with E-state index in [0.29, 0.717) is 11.6 Å². The molecule has 1 aliphatic carbocycles. The summed E-state index contributed by atoms with van der Waals surface area (Å²) < 4.78 is 41.3. The highest BCUT2D eigenvalue weighted by molar-refractivity contribution is 7.89. The summed E-state index contributed by atoms with van der Waals surface area (Å²) in [5.74, 6) is 1.36. The summed E-state index contributed by atoms with van der Waals surface area (Å²) >= 11 is 0. The maximum absolute atomic E-state index is 13.1. The standard InChI is InChI=1S/C21H26N4O4S/c1-28-16-10-11-18(29-2)19(13-16)30(26,27)23-14-20-24-17-9-6-12-22-21(17)25(20)15-7-4-3-5-8-15/h6,9-13,15,23H,3-5,7-8,14H2,1-2H3. The molecule has 1 aliphatic rings. The third-order valence-electron chi connectivity index (χ3n) is 5.54. The lowest BCUT2D eigenvalue weighted by molar-refractivity contribution is 0.350. The topological polar surface area (TPSA) is 95.3 Å². The van der Waals surface area contributed by atoms with Crippen molar-refractivity contribution in [2.45, 2.75) is 49.6 Å². The molecule has 8 nitrogen and oxygen atoms in total. The summed E-state index contributed by atoms with van der Waals surface area (Å²) in [6.45, 7) is 0.0650. The molecule has 0 bridgehead atoms. The Labute approximate surface area is 176 Å². The Kier molecular flexibility index (Phi) is 5.92. The van der Waals surface area contributed by atoms with E-state index in [0.717, 1.165) is 36.8 Å². The van der Waals surface area contributed by atoms with Crippen LogP contribution in [0.2, 0.25) is 0 Å². The number of aromatic nitrogens is 3. The van der Waals surface area contributed by atoms with Gasteiger partial charge in [0.25, 0.3) is 0 Å². The van der Waals surface area contributed by atoms with Gasteiger partial charge in [-0.1, -0.05) is 19.3 Å². The summed E-state index contributed by atoms with van der Waals surface area (Å²) in [6.07, 6.45) is 7.39. The van der Waals surface area contributed by atoms with Crippen molar-refractivity contribution in [2.75, 3.05) is 14.2 Å². The summed E-state index contributed by atoms with van der Waals surface area (Å²) in [4.78, 5) is 9.23. The predicted octanol–water partition coefficient (Wildman–Crippen LogP) is 3.43. The number of methoxy groups -OCH3 is 2. The van der Waals surface area contributed by atoms with Gasteiger partial charge in [0, 0.05) is 18.3 Å². The predicted molar refractivity (Wildman–Crippen MR) is 113 cm³/mol. The molecule has 0 aliphatic heterocycles. The van der Waals surface area contributed by atoms with E-state index in [2.05, 4.69) is 19.3 Å². The van der Waals surface area contributed by atoms with Gasteiger partial charge in [0.15, 0.2) is 5.65 Å². The molecule has 1 aromatic carbocycles. The van der Waals surface area contributed by atoms with Gasteiger partial charge in [-0.3, -0.25) is 0 Å². The largest absolute Gasteiger partial charge is 0.497 e. The number of nitrogens with zero attached hydrogens (tertiary/aromatic N) is 3. The quantitative estimate of drug-likeness (QED) is 0.617. The van der Waals surface area contributed by atoms with Gasteiger partial charge in [-0.05, 0) is 37.1 Å². The van der Waals surface area contributed by atoms with E-state index in [1.165, 1.54) is 26.7 Å². The fourth-order valence-corrected chi connectivity index (χ4v) is 5.22. The first-order valence-corrected chi connectivity index (χ1v) is 11.6. The van der Waals surface area contributed by atoms with Crippen molar-refractivity contribution in [2.24, 2.45) is 0 Å². The Morgan fingerprint density at radius 1 is 1.13 bits per heavy atom. The second-order valence-corrected chi connectivity index (χ2v) is 9.11. The van der Waals surface area contributed by atoms with Crippen LogP contribution in [0.4, 0.5) is 0 Å². The lowest BCUT2D eigenvalue weighted by Gasteiger charge is -2.25. The van der Waals surface area contributed by atoms with Gasteiger partial charge in [0.1, 0.15) is 27.7 Å². The average molecular weight is 431 g/mol. The number of rotatable bonds is 7. The van der Waals surface area contributed by atoms with Gasteiger partial charge in [0.05, 0.1) is 20.8 Å². The van der Waals surface area contributed by atoms with Gasteiger partial charge in [0.2, 0.25) is 10.0 Å². The Morgan fingerprint density at radius 2 is 1.93 bits per heavy atom. The summed E-state index contributed by atoms with van der Waals surface area (Å²) in [5, 5.41) is 0. The van der Waals surface area contributed by atoms with Crippen molar-refractivity contribution in [1.82, 2.24) is 19.3 Å². The minimum absolute atomic E-state index is 0.0304. The molecule has 1 fully saturated rings. The van der Waals surface area contributed by atoms with Crippen LogP contribution in [-0.4, -0.2) is 37.2 Å². The van der Waals surface area contributed by atoms with Crippen LogP contribution in [0.5, 0.6) is 11.5 Å². The van der Waals surface area contributed by atoms with Gasteiger partial charge in [-0.15, -0.1) is 0 Å². The van der Waals surface area contributed by atoms with Crippen LogP contribution in [-0.2, 0) is 16.6 Å². The number of fused-ring (bicyclic) bond motifs is 1. The zero-order valence-corrected chi connectivity index (χ0v) is 18.0. The monoisotopic (exact) mass is 430 g/mol. The molecular formula is C21H26N4O4S. The maximum atomic E-state index is 13.1. The molecule has 0 unspecified atom stereocenters. The number of ether oxygens (including phenoxy) is 2. The molecule has 9 heteroatoms. The van der Waals surface area contributed by atoms with Gasteiger partial charge >= 0.3 is 0 Å². The lowest BCUT2D eigenvalue weighted by atomic mass is 9.95. The highest BCUT2D eigenvalue weighted by Crippen LogP contribution is 2.32. The molecule has 30 heavy (non-hydrogen) atoms. The van der Waals surface area contributed by atoms with Crippen molar-refractivity contribution in [3.8, 4) is 11.5 Å². The molecule has 0 radical (unpaired) electrons. The minimum Gasteiger partial charge on any atom is -0.497 e. The first kappa shape index (κ1) is 20.6. The van der Waals surface area contributed by atoms with Crippen molar-refractivity contribution in [3.63, 3.8) is 0 Å². The molecule has 0 amide bonds. The van der Waals surface area contributed by atoms with Crippen LogP contribution in [0, 0.1) is 0 Å². The zero-order chi connectivity index (χ0) is 21.1. The van der Waals surface area contributed by atoms with Crippen LogP contribution >= 0.6 is 0 Å². The van der Waals surface area contributed by atoms with Gasteiger partial charge < -0.3 is 14.0 Å². The Bertz CT molecular complexity index is 1140. The molecular weight excluding hydrogens is 404 g/mol. The van der Waals surface area contributed by atoms with E-state index in [-0.39, 0.29) is 23.2 Å². The third-order valence-corrected chi connectivity index (χ3v) is 6.96. The molecule has 2 heterocycles. The molecule has 2 aromatic heterocycles. The fourth-order valence-electron chi connectivity index (χ4n) is 4.06. The number of hydrogen-bond donors (Lipinski definition) is 1. The van der Waals surface area contributed by atoms with Crippen LogP contribution < -0.4 is 14.2 Å². The van der Waals surface area contributed by atoms with Crippen molar-refractivity contribution < 1.29 is 17.9 Å². The van der Waals surface area contributed by atoms with E-state index < -0.39 is 10.0 Å². The highest BCUT2D eigenvalue weighted by Gasteiger charge is 2.25.